The monoisotopic (exact) mass is 444 g/mol. The van der Waals surface area contributed by atoms with Crippen LogP contribution in [-0.2, 0) is 0 Å². The van der Waals surface area contributed by atoms with E-state index in [0.717, 1.165) is 0 Å². The van der Waals surface area contributed by atoms with Gasteiger partial charge in [-0.05, 0) is 65.3 Å². The Morgan fingerprint density at radius 2 is 0.706 bits per heavy atom. The maximum atomic E-state index is 9.08. The molecule has 0 aliphatic rings. The van der Waals surface area contributed by atoms with Gasteiger partial charge in [0, 0.05) is 0 Å². The Bertz CT molecular complexity index is 2360. The molecule has 0 saturated carbocycles. The van der Waals surface area contributed by atoms with Gasteiger partial charge in [0.15, 0.2) is 0 Å². The van der Waals surface area contributed by atoms with E-state index < -0.39 is 84.6 Å². The Morgan fingerprint density at radius 3 is 1.12 bits per heavy atom. The summed E-state index contributed by atoms with van der Waals surface area (Å²) < 4.78 is 121. The molecule has 0 fully saturated rings. The molecule has 0 aromatic heterocycles. The molecule has 0 spiro atoms. The first-order valence-electron chi connectivity index (χ1n) is 17.7. The van der Waals surface area contributed by atoms with Crippen molar-refractivity contribution in [3.8, 4) is 22.3 Å². The molecular weight excluding hydrogens is 408 g/mol. The summed E-state index contributed by atoms with van der Waals surface area (Å²) in [5, 5.41) is 1.14. The molecule has 0 radical (unpaired) electrons. The van der Waals surface area contributed by atoms with E-state index in [1.165, 1.54) is 0 Å². The van der Waals surface area contributed by atoms with Gasteiger partial charge in [0.1, 0.15) is 0 Å². The second kappa shape index (κ2) is 7.57. The molecule has 0 N–H and O–H groups in total. The predicted molar refractivity (Wildman–Crippen MR) is 147 cm³/mol. The van der Waals surface area contributed by atoms with Crippen molar-refractivity contribution in [2.24, 2.45) is 0 Å². The van der Waals surface area contributed by atoms with Crippen LogP contribution < -0.4 is 0 Å². The lowest BCUT2D eigenvalue weighted by molar-refractivity contribution is 1.68. The fraction of sp³-hybridized carbons (Fsp3) is 0. The molecule has 158 valence electrons. The van der Waals surface area contributed by atoms with E-state index in [9.17, 15) is 0 Å². The summed E-state index contributed by atoms with van der Waals surface area (Å²) in [5.74, 6) is 0. The first-order valence-corrected chi connectivity index (χ1v) is 10.7. The molecule has 0 atom stereocenters. The minimum absolute atomic E-state index is 0.0116. The molecule has 0 aliphatic carbocycles. The average Bonchev–Trinajstić information content (AvgIpc) is 3.08. The first-order chi connectivity index (χ1) is 22.7. The number of fused-ring (bicyclic) bond motifs is 4. The lowest BCUT2D eigenvalue weighted by Gasteiger charge is -2.19. The minimum Gasteiger partial charge on any atom is -0.0616 e. The van der Waals surface area contributed by atoms with Gasteiger partial charge in [-0.15, -0.1) is 0 Å². The standard InChI is InChI=1S/C34H22/c1-3-15-25-23(11-1)13-9-21-27(25)33-29-17-5-7-19-31(29)34(32-20-8-6-18-30(32)33)28-22-10-14-24-12-2-4-16-26(24)28/h1-22H/i1D,2D,3D,4D,9D,10D,11D,12D,13D,14D,15D,16D,21D,22D. The summed E-state index contributed by atoms with van der Waals surface area (Å²) in [6.07, 6.45) is 0. The van der Waals surface area contributed by atoms with Gasteiger partial charge >= 0.3 is 0 Å². The van der Waals surface area contributed by atoms with E-state index in [1.807, 2.05) is 0 Å². The second-order valence-electron chi connectivity index (χ2n) is 7.84. The molecule has 0 bridgehead atoms. The summed E-state index contributed by atoms with van der Waals surface area (Å²) in [7, 11) is 0. The van der Waals surface area contributed by atoms with Crippen LogP contribution in [-0.4, -0.2) is 0 Å². The largest absolute Gasteiger partial charge is 0.0629 e. The summed E-state index contributed by atoms with van der Waals surface area (Å²) in [4.78, 5) is 0. The van der Waals surface area contributed by atoms with Crippen molar-refractivity contribution in [3.63, 3.8) is 0 Å². The Balaban J connectivity index is 1.80. The molecule has 7 aromatic carbocycles. The number of hydrogen-bond acceptors (Lipinski definition) is 0. The highest BCUT2D eigenvalue weighted by atomic mass is 14.2. The van der Waals surface area contributed by atoms with Gasteiger partial charge in [-0.3, -0.25) is 0 Å². The van der Waals surface area contributed by atoms with Crippen molar-refractivity contribution in [1.29, 1.82) is 0 Å². The van der Waals surface area contributed by atoms with Crippen LogP contribution in [0.2, 0.25) is 0 Å². The highest BCUT2D eigenvalue weighted by Gasteiger charge is 2.18. The Kier molecular flexibility index (Phi) is 2.19. The molecule has 0 heteroatoms. The fourth-order valence-corrected chi connectivity index (χ4v) is 4.67. The molecule has 7 aromatic rings. The summed E-state index contributed by atoms with van der Waals surface area (Å²) in [5.41, 5.74) is 0.689. The van der Waals surface area contributed by atoms with Crippen LogP contribution in [0.3, 0.4) is 0 Å². The van der Waals surface area contributed by atoms with Crippen LogP contribution in [0.15, 0.2) is 133 Å². The van der Waals surface area contributed by atoms with E-state index in [0.29, 0.717) is 32.7 Å². The van der Waals surface area contributed by atoms with Crippen molar-refractivity contribution < 1.29 is 19.2 Å². The molecule has 0 saturated heterocycles. The van der Waals surface area contributed by atoms with Crippen molar-refractivity contribution in [1.82, 2.24) is 0 Å². The normalized spacial score (nSPS) is 17.3. The smallest absolute Gasteiger partial charge is 0.0616 e. The lowest BCUT2D eigenvalue weighted by atomic mass is 9.84. The van der Waals surface area contributed by atoms with Crippen molar-refractivity contribution in [2.45, 2.75) is 0 Å². The topological polar surface area (TPSA) is 0 Å². The van der Waals surface area contributed by atoms with E-state index in [4.69, 9.17) is 19.2 Å². The maximum absolute atomic E-state index is 9.08. The average molecular weight is 445 g/mol. The van der Waals surface area contributed by atoms with Crippen molar-refractivity contribution in [3.05, 3.63) is 133 Å². The Hall–Kier alpha value is -4.42. The molecular formula is C34H22. The van der Waals surface area contributed by atoms with E-state index in [2.05, 4.69) is 0 Å². The molecule has 0 unspecified atom stereocenters. The Labute approximate surface area is 218 Å². The van der Waals surface area contributed by atoms with Crippen LogP contribution in [0, 0.1) is 0 Å². The third-order valence-electron chi connectivity index (χ3n) is 6.06. The van der Waals surface area contributed by atoms with Crippen LogP contribution in [0.25, 0.3) is 65.3 Å². The molecule has 0 amide bonds. The first kappa shape index (κ1) is 9.83. The van der Waals surface area contributed by atoms with Crippen LogP contribution in [0.4, 0.5) is 0 Å². The van der Waals surface area contributed by atoms with Crippen LogP contribution in [0.5, 0.6) is 0 Å². The molecule has 0 heterocycles. The van der Waals surface area contributed by atoms with Gasteiger partial charge < -0.3 is 0 Å². The van der Waals surface area contributed by atoms with Gasteiger partial charge in [-0.1, -0.05) is 133 Å². The molecule has 0 aliphatic heterocycles. The molecule has 34 heavy (non-hydrogen) atoms. The van der Waals surface area contributed by atoms with E-state index in [-0.39, 0.29) is 32.7 Å². The zero-order chi connectivity index (χ0) is 34.7. The van der Waals surface area contributed by atoms with Crippen LogP contribution >= 0.6 is 0 Å². The zero-order valence-electron chi connectivity index (χ0n) is 31.6. The number of hydrogen-bond donors (Lipinski definition) is 0. The zero-order valence-corrected chi connectivity index (χ0v) is 17.6. The van der Waals surface area contributed by atoms with Gasteiger partial charge in [0.25, 0.3) is 0 Å². The Morgan fingerprint density at radius 1 is 0.353 bits per heavy atom. The van der Waals surface area contributed by atoms with Gasteiger partial charge in [-0.25, -0.2) is 0 Å². The number of rotatable bonds is 2. The van der Waals surface area contributed by atoms with Crippen molar-refractivity contribution >= 4 is 43.1 Å². The minimum atomic E-state index is -0.572. The lowest BCUT2D eigenvalue weighted by Crippen LogP contribution is -1.92. The SMILES string of the molecule is [2H]c1c([2H])c([2H])c2c(-c3c4ccccc4c(-c4c([2H])c([2H])c([2H])c5c([2H])c([2H])c([2H])c([2H])c45)c4ccccc34)c([2H])c([2H])c([2H])c2c1[2H]. The highest BCUT2D eigenvalue weighted by Crippen LogP contribution is 2.46. The fourth-order valence-electron chi connectivity index (χ4n) is 4.67. The third kappa shape index (κ3) is 2.79. The summed E-state index contributed by atoms with van der Waals surface area (Å²) in [6, 6.07) is 6.53. The molecule has 0 nitrogen and oxygen atoms in total. The van der Waals surface area contributed by atoms with E-state index in [1.54, 1.807) is 48.5 Å². The summed E-state index contributed by atoms with van der Waals surface area (Å²) in [6.45, 7) is 0. The maximum Gasteiger partial charge on any atom is 0.0629 e. The number of benzene rings is 7. The summed E-state index contributed by atoms with van der Waals surface area (Å²) >= 11 is 0. The quantitative estimate of drug-likeness (QED) is 0.233. The van der Waals surface area contributed by atoms with Gasteiger partial charge in [-0.2, -0.15) is 0 Å². The van der Waals surface area contributed by atoms with Gasteiger partial charge in [0.2, 0.25) is 0 Å². The van der Waals surface area contributed by atoms with E-state index >= 15 is 0 Å². The third-order valence-corrected chi connectivity index (χ3v) is 6.06. The van der Waals surface area contributed by atoms with Gasteiger partial charge in [0.05, 0.1) is 19.2 Å². The van der Waals surface area contributed by atoms with Crippen molar-refractivity contribution in [2.75, 3.05) is 0 Å². The predicted octanol–water partition coefficient (Wildman–Crippen LogP) is 9.63. The van der Waals surface area contributed by atoms with Crippen LogP contribution in [0.1, 0.15) is 19.2 Å². The second-order valence-corrected chi connectivity index (χ2v) is 7.84. The molecule has 7 rings (SSSR count). The highest BCUT2D eigenvalue weighted by molar-refractivity contribution is 6.25.